The molecule has 0 N–H and O–H groups in total. The van der Waals surface area contributed by atoms with E-state index >= 15 is 0 Å². The van der Waals surface area contributed by atoms with Gasteiger partial charge in [0.05, 0.1) is 0 Å². The number of fused-ring (bicyclic) bond motifs is 1. The van der Waals surface area contributed by atoms with E-state index in [1.807, 2.05) is 0 Å². The second-order valence-corrected chi connectivity index (χ2v) is 4.32. The Bertz CT molecular complexity index is 140. The second kappa shape index (κ2) is 1.78. The van der Waals surface area contributed by atoms with E-state index in [9.17, 15) is 0 Å². The van der Waals surface area contributed by atoms with Crippen LogP contribution in [0.25, 0.3) is 0 Å². The Labute approximate surface area is 64.0 Å². The molecule has 0 heterocycles. The minimum atomic E-state index is 0.810. The molecule has 0 aromatic carbocycles. The molecule has 2 saturated carbocycles. The summed E-state index contributed by atoms with van der Waals surface area (Å²) in [7, 11) is 0. The highest BCUT2D eigenvalue weighted by molar-refractivity contribution is 5.15. The standard InChI is InChI=1S/C10H18/c1-4-10(5-2)6-8-7(3)9(8)10/h7-9H,4-6H2,1-3H3. The molecule has 3 unspecified atom stereocenters. The van der Waals surface area contributed by atoms with Gasteiger partial charge < -0.3 is 0 Å². The highest BCUT2D eigenvalue weighted by Crippen LogP contribution is 2.73. The van der Waals surface area contributed by atoms with Crippen LogP contribution in [0.1, 0.15) is 40.0 Å². The SMILES string of the molecule is CCC1(CC)CC2C(C)C21. The van der Waals surface area contributed by atoms with Crippen molar-refractivity contribution in [2.45, 2.75) is 40.0 Å². The van der Waals surface area contributed by atoms with E-state index in [1.165, 1.54) is 12.8 Å². The van der Waals surface area contributed by atoms with Crippen LogP contribution in [0.4, 0.5) is 0 Å². The minimum absolute atomic E-state index is 0.810. The molecule has 0 saturated heterocycles. The topological polar surface area (TPSA) is 0 Å². The van der Waals surface area contributed by atoms with Crippen LogP contribution < -0.4 is 0 Å². The molecule has 0 bridgehead atoms. The van der Waals surface area contributed by atoms with E-state index in [1.54, 1.807) is 6.42 Å². The third kappa shape index (κ3) is 0.538. The number of rotatable bonds is 2. The van der Waals surface area contributed by atoms with E-state index in [0.717, 1.165) is 23.2 Å². The largest absolute Gasteiger partial charge is 0.0648 e. The van der Waals surface area contributed by atoms with Crippen LogP contribution >= 0.6 is 0 Å². The molecule has 2 aliphatic carbocycles. The van der Waals surface area contributed by atoms with Crippen molar-refractivity contribution in [1.29, 1.82) is 0 Å². The van der Waals surface area contributed by atoms with E-state index < -0.39 is 0 Å². The third-order valence-electron chi connectivity index (χ3n) is 4.32. The van der Waals surface area contributed by atoms with Crippen LogP contribution in [-0.4, -0.2) is 0 Å². The molecule has 2 rings (SSSR count). The van der Waals surface area contributed by atoms with Crippen molar-refractivity contribution in [2.24, 2.45) is 23.2 Å². The Morgan fingerprint density at radius 1 is 1.30 bits per heavy atom. The van der Waals surface area contributed by atoms with Crippen LogP contribution in [0.15, 0.2) is 0 Å². The van der Waals surface area contributed by atoms with Crippen molar-refractivity contribution in [3.05, 3.63) is 0 Å². The Kier molecular flexibility index (Phi) is 1.19. The zero-order chi connectivity index (χ0) is 7.35. The van der Waals surface area contributed by atoms with Crippen molar-refractivity contribution >= 4 is 0 Å². The van der Waals surface area contributed by atoms with E-state index in [4.69, 9.17) is 0 Å². The van der Waals surface area contributed by atoms with Gasteiger partial charge in [-0.25, -0.2) is 0 Å². The lowest BCUT2D eigenvalue weighted by Gasteiger charge is -2.40. The Morgan fingerprint density at radius 3 is 2.00 bits per heavy atom. The summed E-state index contributed by atoms with van der Waals surface area (Å²) in [5.41, 5.74) is 0.810. The van der Waals surface area contributed by atoms with Gasteiger partial charge in [0, 0.05) is 0 Å². The lowest BCUT2D eigenvalue weighted by molar-refractivity contribution is 0.0991. The Hall–Kier alpha value is 0. The molecule has 10 heavy (non-hydrogen) atoms. The lowest BCUT2D eigenvalue weighted by atomic mass is 9.65. The first-order chi connectivity index (χ1) is 4.75. The quantitative estimate of drug-likeness (QED) is 0.550. The second-order valence-electron chi connectivity index (χ2n) is 4.32. The summed E-state index contributed by atoms with van der Waals surface area (Å²) in [5.74, 6) is 3.38. The van der Waals surface area contributed by atoms with Crippen molar-refractivity contribution in [2.75, 3.05) is 0 Å². The summed E-state index contributed by atoms with van der Waals surface area (Å²) in [6.45, 7) is 7.16. The van der Waals surface area contributed by atoms with Gasteiger partial charge in [0.2, 0.25) is 0 Å². The van der Waals surface area contributed by atoms with Crippen LogP contribution in [-0.2, 0) is 0 Å². The zero-order valence-corrected chi connectivity index (χ0v) is 7.35. The van der Waals surface area contributed by atoms with Gasteiger partial charge >= 0.3 is 0 Å². The zero-order valence-electron chi connectivity index (χ0n) is 7.35. The summed E-state index contributed by atoms with van der Waals surface area (Å²) in [6.07, 6.45) is 4.40. The maximum atomic E-state index is 2.43. The molecular weight excluding hydrogens is 120 g/mol. The minimum Gasteiger partial charge on any atom is -0.0648 e. The Morgan fingerprint density at radius 2 is 1.90 bits per heavy atom. The van der Waals surface area contributed by atoms with Gasteiger partial charge in [-0.15, -0.1) is 0 Å². The van der Waals surface area contributed by atoms with Crippen LogP contribution in [0.5, 0.6) is 0 Å². The molecule has 0 heteroatoms. The van der Waals surface area contributed by atoms with Gasteiger partial charge in [0.25, 0.3) is 0 Å². The molecule has 58 valence electrons. The van der Waals surface area contributed by atoms with Gasteiger partial charge in [0.15, 0.2) is 0 Å². The highest BCUT2D eigenvalue weighted by Gasteiger charge is 2.66. The summed E-state index contributed by atoms with van der Waals surface area (Å²) < 4.78 is 0. The fourth-order valence-corrected chi connectivity index (χ4v) is 3.33. The predicted octanol–water partition coefficient (Wildman–Crippen LogP) is 3.08. The van der Waals surface area contributed by atoms with Crippen molar-refractivity contribution < 1.29 is 0 Å². The molecule has 2 aliphatic rings. The normalized spacial score (nSPS) is 47.7. The maximum Gasteiger partial charge on any atom is -0.0266 e. The van der Waals surface area contributed by atoms with Gasteiger partial charge in [-0.1, -0.05) is 33.6 Å². The maximum absolute atomic E-state index is 2.43. The average molecular weight is 138 g/mol. The van der Waals surface area contributed by atoms with Crippen LogP contribution in [0, 0.1) is 23.2 Å². The summed E-state index contributed by atoms with van der Waals surface area (Å²) in [4.78, 5) is 0. The molecule has 3 atom stereocenters. The molecular formula is C10H18. The van der Waals surface area contributed by atoms with Gasteiger partial charge in [-0.2, -0.15) is 0 Å². The third-order valence-corrected chi connectivity index (χ3v) is 4.32. The van der Waals surface area contributed by atoms with Gasteiger partial charge in [-0.3, -0.25) is 0 Å². The lowest BCUT2D eigenvalue weighted by Crippen LogP contribution is -2.31. The number of hydrogen-bond donors (Lipinski definition) is 0. The summed E-state index contributed by atoms with van der Waals surface area (Å²) >= 11 is 0. The molecule has 2 fully saturated rings. The molecule has 0 aromatic rings. The smallest absolute Gasteiger partial charge is 0.0266 e. The molecule has 0 spiro atoms. The first-order valence-electron chi connectivity index (χ1n) is 4.75. The fraction of sp³-hybridized carbons (Fsp3) is 1.00. The van der Waals surface area contributed by atoms with Gasteiger partial charge in [-0.05, 0) is 29.6 Å². The van der Waals surface area contributed by atoms with Crippen LogP contribution in [0.3, 0.4) is 0 Å². The van der Waals surface area contributed by atoms with E-state index in [-0.39, 0.29) is 0 Å². The molecule has 0 nitrogen and oxygen atoms in total. The molecule has 0 amide bonds. The Balaban J connectivity index is 2.05. The number of hydrogen-bond acceptors (Lipinski definition) is 0. The predicted molar refractivity (Wildman–Crippen MR) is 43.8 cm³/mol. The molecule has 0 radical (unpaired) electrons. The van der Waals surface area contributed by atoms with Gasteiger partial charge in [0.1, 0.15) is 0 Å². The average Bonchev–Trinajstić information content (AvgIpc) is 2.39. The summed E-state index contributed by atoms with van der Waals surface area (Å²) in [5, 5.41) is 0. The monoisotopic (exact) mass is 138 g/mol. The van der Waals surface area contributed by atoms with E-state index in [2.05, 4.69) is 20.8 Å². The summed E-state index contributed by atoms with van der Waals surface area (Å²) in [6, 6.07) is 0. The van der Waals surface area contributed by atoms with Crippen molar-refractivity contribution in [3.8, 4) is 0 Å². The first-order valence-corrected chi connectivity index (χ1v) is 4.75. The van der Waals surface area contributed by atoms with Crippen molar-refractivity contribution in [1.82, 2.24) is 0 Å². The van der Waals surface area contributed by atoms with Crippen molar-refractivity contribution in [3.63, 3.8) is 0 Å². The molecule has 0 aromatic heterocycles. The first kappa shape index (κ1) is 6.69. The fourth-order valence-electron chi connectivity index (χ4n) is 3.33. The molecule has 0 aliphatic heterocycles. The highest BCUT2D eigenvalue weighted by atomic mass is 14.7. The van der Waals surface area contributed by atoms with Crippen LogP contribution in [0.2, 0.25) is 0 Å². The van der Waals surface area contributed by atoms with E-state index in [0.29, 0.717) is 0 Å².